The lowest BCUT2D eigenvalue weighted by atomic mass is 9.92. The molecule has 1 unspecified atom stereocenters. The standard InChI is InChI=1S/C14H17BrN2O/c1-10(11-4-6-18-7-5-11)17-14-3-2-13(15)8-12(14)9-16/h2-3,8,10-11,17H,4-7H2,1H3. The van der Waals surface area contributed by atoms with Crippen LogP contribution in [-0.4, -0.2) is 19.3 Å². The molecule has 1 aliphatic heterocycles. The van der Waals surface area contributed by atoms with Crippen LogP contribution in [0.15, 0.2) is 22.7 Å². The van der Waals surface area contributed by atoms with Gasteiger partial charge in [0.2, 0.25) is 0 Å². The van der Waals surface area contributed by atoms with Gasteiger partial charge in [-0.25, -0.2) is 0 Å². The Morgan fingerprint density at radius 3 is 2.83 bits per heavy atom. The molecule has 0 aliphatic carbocycles. The third-order valence-electron chi connectivity index (χ3n) is 3.46. The van der Waals surface area contributed by atoms with E-state index in [0.717, 1.165) is 36.2 Å². The van der Waals surface area contributed by atoms with Crippen molar-refractivity contribution in [1.29, 1.82) is 5.26 Å². The third kappa shape index (κ3) is 3.24. The molecule has 1 heterocycles. The maximum Gasteiger partial charge on any atom is 0.101 e. The number of nitrogens with one attached hydrogen (secondary N) is 1. The zero-order valence-electron chi connectivity index (χ0n) is 10.4. The minimum atomic E-state index is 0.363. The molecule has 1 fully saturated rings. The number of benzene rings is 1. The van der Waals surface area contributed by atoms with Crippen LogP contribution in [0.5, 0.6) is 0 Å². The van der Waals surface area contributed by atoms with Crippen molar-refractivity contribution in [2.45, 2.75) is 25.8 Å². The summed E-state index contributed by atoms with van der Waals surface area (Å²) < 4.78 is 6.31. The second kappa shape index (κ2) is 6.21. The molecule has 2 rings (SSSR count). The minimum Gasteiger partial charge on any atom is -0.381 e. The van der Waals surface area contributed by atoms with Crippen LogP contribution in [0.3, 0.4) is 0 Å². The van der Waals surface area contributed by atoms with Gasteiger partial charge in [0.15, 0.2) is 0 Å². The monoisotopic (exact) mass is 308 g/mol. The molecule has 1 saturated heterocycles. The molecule has 0 aromatic heterocycles. The smallest absolute Gasteiger partial charge is 0.101 e. The van der Waals surface area contributed by atoms with Gasteiger partial charge in [-0.3, -0.25) is 0 Å². The van der Waals surface area contributed by atoms with Gasteiger partial charge < -0.3 is 10.1 Å². The number of halogens is 1. The Morgan fingerprint density at radius 2 is 2.17 bits per heavy atom. The van der Waals surface area contributed by atoms with E-state index >= 15 is 0 Å². The molecule has 0 radical (unpaired) electrons. The average Bonchev–Trinajstić information content (AvgIpc) is 2.41. The van der Waals surface area contributed by atoms with Gasteiger partial charge in [0.25, 0.3) is 0 Å². The fraction of sp³-hybridized carbons (Fsp3) is 0.500. The van der Waals surface area contributed by atoms with Gasteiger partial charge in [-0.15, -0.1) is 0 Å². The molecule has 1 atom stereocenters. The number of ether oxygens (including phenoxy) is 1. The Hall–Kier alpha value is -1.05. The molecule has 1 N–H and O–H groups in total. The van der Waals surface area contributed by atoms with Crippen molar-refractivity contribution >= 4 is 21.6 Å². The Kier molecular flexibility index (Phi) is 4.62. The number of anilines is 1. The first-order valence-corrected chi connectivity index (χ1v) is 7.04. The zero-order chi connectivity index (χ0) is 13.0. The van der Waals surface area contributed by atoms with Crippen LogP contribution in [-0.2, 0) is 4.74 Å². The highest BCUT2D eigenvalue weighted by Crippen LogP contribution is 2.25. The Labute approximate surface area is 116 Å². The number of nitrogens with zero attached hydrogens (tertiary/aromatic N) is 1. The maximum atomic E-state index is 9.14. The number of hydrogen-bond donors (Lipinski definition) is 1. The van der Waals surface area contributed by atoms with E-state index in [1.165, 1.54) is 0 Å². The lowest BCUT2D eigenvalue weighted by Gasteiger charge is -2.29. The van der Waals surface area contributed by atoms with Crippen molar-refractivity contribution < 1.29 is 4.74 Å². The van der Waals surface area contributed by atoms with Crippen LogP contribution < -0.4 is 5.32 Å². The van der Waals surface area contributed by atoms with Gasteiger partial charge in [-0.1, -0.05) is 15.9 Å². The van der Waals surface area contributed by atoms with Gasteiger partial charge in [0.1, 0.15) is 6.07 Å². The van der Waals surface area contributed by atoms with Crippen LogP contribution in [0.2, 0.25) is 0 Å². The van der Waals surface area contributed by atoms with Gasteiger partial charge in [-0.05, 0) is 43.9 Å². The normalized spacial score (nSPS) is 18.1. The topological polar surface area (TPSA) is 45.0 Å². The molecule has 0 amide bonds. The third-order valence-corrected chi connectivity index (χ3v) is 3.95. The van der Waals surface area contributed by atoms with Crippen LogP contribution in [0.25, 0.3) is 0 Å². The first kappa shape index (κ1) is 13.4. The largest absolute Gasteiger partial charge is 0.381 e. The van der Waals surface area contributed by atoms with Crippen molar-refractivity contribution in [2.75, 3.05) is 18.5 Å². The molecule has 4 heteroatoms. The second-order valence-corrected chi connectivity index (χ2v) is 5.60. The molecule has 1 aliphatic rings. The van der Waals surface area contributed by atoms with Crippen molar-refractivity contribution in [3.05, 3.63) is 28.2 Å². The molecule has 3 nitrogen and oxygen atoms in total. The molecule has 0 spiro atoms. The molecule has 1 aromatic carbocycles. The van der Waals surface area contributed by atoms with Crippen molar-refractivity contribution in [3.63, 3.8) is 0 Å². The highest BCUT2D eigenvalue weighted by molar-refractivity contribution is 9.10. The predicted octanol–water partition coefficient (Wildman–Crippen LogP) is 3.55. The number of hydrogen-bond acceptors (Lipinski definition) is 3. The Morgan fingerprint density at radius 1 is 1.44 bits per heavy atom. The predicted molar refractivity (Wildman–Crippen MR) is 75.5 cm³/mol. The summed E-state index contributed by atoms with van der Waals surface area (Å²) in [6.07, 6.45) is 2.18. The van der Waals surface area contributed by atoms with Crippen LogP contribution in [0.4, 0.5) is 5.69 Å². The summed E-state index contributed by atoms with van der Waals surface area (Å²) in [5.74, 6) is 0.619. The minimum absolute atomic E-state index is 0.363. The van der Waals surface area contributed by atoms with E-state index < -0.39 is 0 Å². The van der Waals surface area contributed by atoms with Crippen molar-refractivity contribution in [1.82, 2.24) is 0 Å². The van der Waals surface area contributed by atoms with Gasteiger partial charge >= 0.3 is 0 Å². The van der Waals surface area contributed by atoms with Crippen LogP contribution >= 0.6 is 15.9 Å². The van der Waals surface area contributed by atoms with Crippen molar-refractivity contribution in [3.8, 4) is 6.07 Å². The molecular weight excluding hydrogens is 292 g/mol. The lowest BCUT2D eigenvalue weighted by Crippen LogP contribution is -2.31. The molecular formula is C14H17BrN2O. The molecule has 96 valence electrons. The SMILES string of the molecule is CC(Nc1ccc(Br)cc1C#N)C1CCOCC1. The summed E-state index contributed by atoms with van der Waals surface area (Å²) in [5.41, 5.74) is 1.60. The highest BCUT2D eigenvalue weighted by Gasteiger charge is 2.20. The van der Waals surface area contributed by atoms with Crippen molar-refractivity contribution in [2.24, 2.45) is 5.92 Å². The average molecular weight is 309 g/mol. The summed E-state index contributed by atoms with van der Waals surface area (Å²) in [6, 6.07) is 8.35. The highest BCUT2D eigenvalue weighted by atomic mass is 79.9. The maximum absolute atomic E-state index is 9.14. The summed E-state index contributed by atoms with van der Waals surface area (Å²) in [4.78, 5) is 0. The van der Waals surface area contributed by atoms with Crippen LogP contribution in [0, 0.1) is 17.2 Å². The summed E-state index contributed by atoms with van der Waals surface area (Å²) >= 11 is 3.38. The van der Waals surface area contributed by atoms with E-state index in [-0.39, 0.29) is 0 Å². The van der Waals surface area contributed by atoms with E-state index in [4.69, 9.17) is 10.00 Å². The zero-order valence-corrected chi connectivity index (χ0v) is 12.0. The molecule has 0 bridgehead atoms. The second-order valence-electron chi connectivity index (χ2n) is 4.68. The first-order chi connectivity index (χ1) is 8.70. The van der Waals surface area contributed by atoms with E-state index in [0.29, 0.717) is 17.5 Å². The van der Waals surface area contributed by atoms with Crippen LogP contribution in [0.1, 0.15) is 25.3 Å². The van der Waals surface area contributed by atoms with E-state index in [9.17, 15) is 0 Å². The van der Waals surface area contributed by atoms with Gasteiger partial charge in [-0.2, -0.15) is 5.26 Å². The van der Waals surface area contributed by atoms with Gasteiger partial charge in [0.05, 0.1) is 11.3 Å². The molecule has 0 saturated carbocycles. The fourth-order valence-electron chi connectivity index (χ4n) is 2.31. The van der Waals surface area contributed by atoms with E-state index in [2.05, 4.69) is 34.2 Å². The summed E-state index contributed by atoms with van der Waals surface area (Å²) in [7, 11) is 0. The fourth-order valence-corrected chi connectivity index (χ4v) is 2.67. The molecule has 18 heavy (non-hydrogen) atoms. The Balaban J connectivity index is 2.06. The van der Waals surface area contributed by atoms with E-state index in [1.807, 2.05) is 18.2 Å². The Bertz CT molecular complexity index is 450. The lowest BCUT2D eigenvalue weighted by molar-refractivity contribution is 0.0622. The first-order valence-electron chi connectivity index (χ1n) is 6.24. The number of nitriles is 1. The number of rotatable bonds is 3. The molecule has 1 aromatic rings. The summed E-state index contributed by atoms with van der Waals surface area (Å²) in [5, 5.41) is 12.6. The van der Waals surface area contributed by atoms with Gasteiger partial charge in [0, 0.05) is 23.7 Å². The van der Waals surface area contributed by atoms with E-state index in [1.54, 1.807) is 0 Å². The summed E-state index contributed by atoms with van der Waals surface area (Å²) in [6.45, 7) is 3.88. The quantitative estimate of drug-likeness (QED) is 0.929.